The molecule has 0 saturated carbocycles. The van der Waals surface area contributed by atoms with E-state index in [9.17, 15) is 0 Å². The van der Waals surface area contributed by atoms with Gasteiger partial charge in [-0.2, -0.15) is 0 Å². The van der Waals surface area contributed by atoms with Gasteiger partial charge in [-0.15, -0.1) is 0 Å². The van der Waals surface area contributed by atoms with Crippen LogP contribution < -0.4 is 5.32 Å². The van der Waals surface area contributed by atoms with Crippen molar-refractivity contribution in [2.75, 3.05) is 0 Å². The fourth-order valence-corrected chi connectivity index (χ4v) is 2.81. The van der Waals surface area contributed by atoms with Crippen molar-refractivity contribution in [1.29, 1.82) is 0 Å². The topological polar surface area (TPSA) is 14.1 Å². The van der Waals surface area contributed by atoms with Crippen molar-refractivity contribution in [3.8, 4) is 0 Å². The largest absolute Gasteiger partial charge is 0.248 e. The third-order valence-corrected chi connectivity index (χ3v) is 4.01. The Morgan fingerprint density at radius 1 is 0.636 bits per heavy atom. The van der Waals surface area contributed by atoms with Gasteiger partial charge < -0.3 is 0 Å². The summed E-state index contributed by atoms with van der Waals surface area (Å²) in [5, 5.41) is 9.76. The second kappa shape index (κ2) is 5.19. The minimum absolute atomic E-state index is 0.992. The number of nitrogens with zero attached hydrogens (tertiary/aromatic N) is 1. The van der Waals surface area contributed by atoms with Gasteiger partial charge in [-0.1, -0.05) is 54.1 Å². The number of hydrogen-bond donors (Lipinski definition) is 0. The van der Waals surface area contributed by atoms with Crippen molar-refractivity contribution in [2.45, 2.75) is 6.92 Å². The van der Waals surface area contributed by atoms with E-state index in [0.29, 0.717) is 0 Å². The minimum Gasteiger partial charge on any atom is -0.248 e. The van der Waals surface area contributed by atoms with Gasteiger partial charge in [0, 0.05) is 5.39 Å². The van der Waals surface area contributed by atoms with Gasteiger partial charge in [-0.3, -0.25) is 0 Å². The van der Waals surface area contributed by atoms with Crippen LogP contribution in [0.15, 0.2) is 78.9 Å². The zero-order valence-corrected chi connectivity index (χ0v) is 12.5. The monoisotopic (exact) mass is 282 g/mol. The SMILES string of the molecule is Cc1ccc([N]c2cccc3cc4ccccc4cc23)cc1. The molecule has 0 aromatic heterocycles. The van der Waals surface area contributed by atoms with Crippen LogP contribution in [-0.4, -0.2) is 0 Å². The fraction of sp³-hybridized carbons (Fsp3) is 0.0476. The molecule has 0 heterocycles. The molecular formula is C21H16N. The van der Waals surface area contributed by atoms with E-state index in [1.807, 2.05) is 0 Å². The van der Waals surface area contributed by atoms with E-state index in [4.69, 9.17) is 5.32 Å². The zero-order valence-electron chi connectivity index (χ0n) is 12.5. The van der Waals surface area contributed by atoms with Crippen LogP contribution in [0.2, 0.25) is 0 Å². The predicted octanol–water partition coefficient (Wildman–Crippen LogP) is 5.87. The smallest absolute Gasteiger partial charge is 0.0715 e. The molecule has 0 atom stereocenters. The lowest BCUT2D eigenvalue weighted by molar-refractivity contribution is 1.20. The molecule has 0 aliphatic rings. The van der Waals surface area contributed by atoms with Crippen LogP contribution in [0.4, 0.5) is 11.4 Å². The summed E-state index contributed by atoms with van der Waals surface area (Å²) in [6.07, 6.45) is 0. The molecule has 4 rings (SSSR count). The molecule has 4 aromatic rings. The van der Waals surface area contributed by atoms with Crippen LogP contribution in [0.25, 0.3) is 21.5 Å². The molecule has 1 nitrogen and oxygen atoms in total. The van der Waals surface area contributed by atoms with Crippen LogP contribution in [0.3, 0.4) is 0 Å². The second-order valence-corrected chi connectivity index (χ2v) is 5.64. The fourth-order valence-electron chi connectivity index (χ4n) is 2.81. The highest BCUT2D eigenvalue weighted by atomic mass is 14.9. The van der Waals surface area contributed by atoms with Crippen LogP contribution in [0.5, 0.6) is 0 Å². The van der Waals surface area contributed by atoms with Crippen LogP contribution in [0, 0.1) is 6.92 Å². The van der Waals surface area contributed by atoms with Gasteiger partial charge in [-0.25, -0.2) is 5.32 Å². The van der Waals surface area contributed by atoms with Gasteiger partial charge >= 0.3 is 0 Å². The molecule has 22 heavy (non-hydrogen) atoms. The van der Waals surface area contributed by atoms with E-state index in [-0.39, 0.29) is 0 Å². The summed E-state index contributed by atoms with van der Waals surface area (Å²) in [7, 11) is 0. The molecule has 0 spiro atoms. The average molecular weight is 282 g/mol. The molecule has 1 radical (unpaired) electrons. The normalized spacial score (nSPS) is 11.0. The Bertz CT molecular complexity index is 952. The summed E-state index contributed by atoms with van der Waals surface area (Å²) in [6, 6.07) is 27.6. The third kappa shape index (κ3) is 2.31. The Hall–Kier alpha value is -2.80. The van der Waals surface area contributed by atoms with E-state index >= 15 is 0 Å². The summed E-state index contributed by atoms with van der Waals surface area (Å²) in [5.74, 6) is 0. The molecular weight excluding hydrogens is 266 g/mol. The first-order chi connectivity index (χ1) is 10.8. The average Bonchev–Trinajstić information content (AvgIpc) is 2.55. The molecule has 0 bridgehead atoms. The van der Waals surface area contributed by atoms with Gasteiger partial charge in [-0.05, 0) is 53.4 Å². The van der Waals surface area contributed by atoms with Gasteiger partial charge in [0.25, 0.3) is 0 Å². The second-order valence-electron chi connectivity index (χ2n) is 5.64. The lowest BCUT2D eigenvalue weighted by Crippen LogP contribution is -1.90. The van der Waals surface area contributed by atoms with Gasteiger partial charge in [0.2, 0.25) is 0 Å². The number of rotatable bonds is 2. The first-order valence-electron chi connectivity index (χ1n) is 7.49. The molecule has 0 aliphatic heterocycles. The molecule has 1 heteroatoms. The number of fused-ring (bicyclic) bond motifs is 2. The Balaban J connectivity index is 1.86. The Labute approximate surface area is 130 Å². The van der Waals surface area contributed by atoms with Crippen molar-refractivity contribution >= 4 is 32.9 Å². The predicted molar refractivity (Wildman–Crippen MR) is 94.1 cm³/mol. The summed E-state index contributed by atoms with van der Waals surface area (Å²) >= 11 is 0. The van der Waals surface area contributed by atoms with Crippen LogP contribution >= 0.6 is 0 Å². The van der Waals surface area contributed by atoms with E-state index in [1.54, 1.807) is 0 Å². The van der Waals surface area contributed by atoms with E-state index in [0.717, 1.165) is 11.4 Å². The zero-order chi connectivity index (χ0) is 14.9. The molecule has 0 N–H and O–H groups in total. The molecule has 0 fully saturated rings. The van der Waals surface area contributed by atoms with Gasteiger partial charge in [0.1, 0.15) is 0 Å². The molecule has 0 amide bonds. The van der Waals surface area contributed by atoms with Gasteiger partial charge in [0.15, 0.2) is 0 Å². The summed E-state index contributed by atoms with van der Waals surface area (Å²) in [6.45, 7) is 2.09. The third-order valence-electron chi connectivity index (χ3n) is 4.01. The van der Waals surface area contributed by atoms with Crippen molar-refractivity contribution in [3.05, 3.63) is 84.4 Å². The number of hydrogen-bond acceptors (Lipinski definition) is 0. The van der Waals surface area contributed by atoms with E-state index in [2.05, 4.69) is 85.8 Å². The Kier molecular flexibility index (Phi) is 3.05. The maximum atomic E-state index is 4.82. The highest BCUT2D eigenvalue weighted by Crippen LogP contribution is 2.30. The van der Waals surface area contributed by atoms with Crippen LogP contribution in [0.1, 0.15) is 5.56 Å². The van der Waals surface area contributed by atoms with Crippen molar-refractivity contribution in [3.63, 3.8) is 0 Å². The molecule has 105 valence electrons. The lowest BCUT2D eigenvalue weighted by atomic mass is 10.0. The first-order valence-corrected chi connectivity index (χ1v) is 7.49. The molecule has 0 saturated heterocycles. The Morgan fingerprint density at radius 3 is 2.09 bits per heavy atom. The number of aryl methyl sites for hydroxylation is 1. The van der Waals surface area contributed by atoms with E-state index < -0.39 is 0 Å². The standard InChI is InChI=1S/C21H16N/c1-15-9-11-19(12-10-15)22-21-8-4-7-18-13-16-5-2-3-6-17(16)14-20(18)21/h2-14H,1H3. The van der Waals surface area contributed by atoms with Gasteiger partial charge in [0.05, 0.1) is 11.4 Å². The quantitative estimate of drug-likeness (QED) is 0.408. The van der Waals surface area contributed by atoms with Crippen molar-refractivity contribution in [2.24, 2.45) is 0 Å². The van der Waals surface area contributed by atoms with Crippen molar-refractivity contribution in [1.82, 2.24) is 5.32 Å². The molecule has 4 aromatic carbocycles. The van der Waals surface area contributed by atoms with E-state index in [1.165, 1.54) is 27.1 Å². The summed E-state index contributed by atoms with van der Waals surface area (Å²) < 4.78 is 0. The Morgan fingerprint density at radius 2 is 1.32 bits per heavy atom. The lowest BCUT2D eigenvalue weighted by Gasteiger charge is -2.09. The maximum Gasteiger partial charge on any atom is 0.0715 e. The highest BCUT2D eigenvalue weighted by Gasteiger charge is 2.05. The maximum absolute atomic E-state index is 4.82. The highest BCUT2D eigenvalue weighted by molar-refractivity contribution is 6.03. The molecule has 0 aliphatic carbocycles. The number of benzene rings is 4. The van der Waals surface area contributed by atoms with Crippen molar-refractivity contribution < 1.29 is 0 Å². The summed E-state index contributed by atoms with van der Waals surface area (Å²) in [5.41, 5.74) is 3.27. The summed E-state index contributed by atoms with van der Waals surface area (Å²) in [4.78, 5) is 0. The van der Waals surface area contributed by atoms with Crippen LogP contribution in [-0.2, 0) is 0 Å². The first kappa shape index (κ1) is 12.9. The minimum atomic E-state index is 0.992. The molecule has 0 unspecified atom stereocenters.